The van der Waals surface area contributed by atoms with Gasteiger partial charge in [-0.1, -0.05) is 41.9 Å². The van der Waals surface area contributed by atoms with E-state index in [1.165, 1.54) is 0 Å². The zero-order valence-corrected chi connectivity index (χ0v) is 13.3. The van der Waals surface area contributed by atoms with Crippen molar-refractivity contribution in [2.75, 3.05) is 6.54 Å². The fourth-order valence-corrected chi connectivity index (χ4v) is 2.61. The number of carbonyl (C=O) groups is 2. The van der Waals surface area contributed by atoms with Crippen LogP contribution in [0.1, 0.15) is 25.8 Å². The molecule has 0 aromatic heterocycles. The van der Waals surface area contributed by atoms with Crippen molar-refractivity contribution in [3.05, 3.63) is 34.3 Å². The van der Waals surface area contributed by atoms with Crippen LogP contribution in [0.5, 0.6) is 0 Å². The van der Waals surface area contributed by atoms with Crippen LogP contribution in [0.3, 0.4) is 0 Å². The molecule has 1 aliphatic heterocycles. The minimum absolute atomic E-state index is 0.0150. The second-order valence-electron chi connectivity index (χ2n) is 5.57. The van der Waals surface area contributed by atoms with Crippen molar-refractivity contribution in [2.45, 2.75) is 32.9 Å². The lowest BCUT2D eigenvalue weighted by Gasteiger charge is -2.33. The summed E-state index contributed by atoms with van der Waals surface area (Å²) < 4.78 is 1.00. The van der Waals surface area contributed by atoms with E-state index in [9.17, 15) is 9.59 Å². The average molecular weight is 339 g/mol. The highest BCUT2D eigenvalue weighted by Gasteiger charge is 2.32. The van der Waals surface area contributed by atoms with Gasteiger partial charge in [0.2, 0.25) is 11.8 Å². The Kier molecular flexibility index (Phi) is 4.81. The molecule has 1 aromatic rings. The van der Waals surface area contributed by atoms with Gasteiger partial charge in [-0.15, -0.1) is 0 Å². The lowest BCUT2D eigenvalue weighted by molar-refractivity contribution is -0.145. The van der Waals surface area contributed by atoms with E-state index in [1.54, 1.807) is 4.90 Å². The third kappa shape index (κ3) is 3.82. The molecule has 5 heteroatoms. The number of amides is 2. The second kappa shape index (κ2) is 6.39. The first-order valence-electron chi connectivity index (χ1n) is 6.78. The molecule has 1 aromatic carbocycles. The van der Waals surface area contributed by atoms with Crippen molar-refractivity contribution in [3.8, 4) is 0 Å². The van der Waals surface area contributed by atoms with Gasteiger partial charge in [0, 0.05) is 11.0 Å². The number of benzene rings is 1. The Morgan fingerprint density at radius 1 is 1.30 bits per heavy atom. The van der Waals surface area contributed by atoms with Crippen molar-refractivity contribution in [1.29, 1.82) is 0 Å². The molecule has 1 atom stereocenters. The van der Waals surface area contributed by atoms with Crippen LogP contribution in [-0.2, 0) is 16.1 Å². The summed E-state index contributed by atoms with van der Waals surface area (Å²) in [5.74, 6) is 0.311. The number of rotatable bonds is 4. The summed E-state index contributed by atoms with van der Waals surface area (Å²) >= 11 is 3.38. The highest BCUT2D eigenvalue weighted by molar-refractivity contribution is 9.10. The third-order valence-corrected chi connectivity index (χ3v) is 3.80. The summed E-state index contributed by atoms with van der Waals surface area (Å²) in [6, 6.07) is 7.42. The minimum Gasteiger partial charge on any atom is -0.343 e. The van der Waals surface area contributed by atoms with Crippen LogP contribution in [0.15, 0.2) is 28.7 Å². The van der Waals surface area contributed by atoms with Crippen LogP contribution < -0.4 is 5.32 Å². The van der Waals surface area contributed by atoms with E-state index in [2.05, 4.69) is 21.2 Å². The van der Waals surface area contributed by atoms with E-state index in [-0.39, 0.29) is 24.4 Å². The van der Waals surface area contributed by atoms with Crippen LogP contribution in [0, 0.1) is 5.92 Å². The summed E-state index contributed by atoms with van der Waals surface area (Å²) in [6.45, 7) is 4.72. The fourth-order valence-electron chi connectivity index (χ4n) is 2.35. The number of nitrogens with zero attached hydrogens (tertiary/aromatic N) is 1. The van der Waals surface area contributed by atoms with Crippen molar-refractivity contribution < 1.29 is 9.59 Å². The molecular weight excluding hydrogens is 320 g/mol. The van der Waals surface area contributed by atoms with Gasteiger partial charge in [-0.2, -0.15) is 0 Å². The van der Waals surface area contributed by atoms with Crippen molar-refractivity contribution in [3.63, 3.8) is 0 Å². The van der Waals surface area contributed by atoms with Gasteiger partial charge in [0.15, 0.2) is 0 Å². The number of carbonyl (C=O) groups excluding carboxylic acids is 2. The van der Waals surface area contributed by atoms with Crippen molar-refractivity contribution in [1.82, 2.24) is 10.2 Å². The minimum atomic E-state index is -0.383. The standard InChI is InChI=1S/C15H19BrN2O2/c1-10(2)7-13-15(20)18(9-14(19)17-13)8-11-3-5-12(16)6-4-11/h3-6,10,13H,7-9H2,1-2H3,(H,17,19). The molecule has 0 spiro atoms. The SMILES string of the molecule is CC(C)CC1NC(=O)CN(Cc2ccc(Br)cc2)C1=O. The maximum absolute atomic E-state index is 12.4. The molecule has 1 aliphatic rings. The summed E-state index contributed by atoms with van der Waals surface area (Å²) in [7, 11) is 0. The molecule has 20 heavy (non-hydrogen) atoms. The molecule has 0 saturated carbocycles. The molecule has 1 fully saturated rings. The molecule has 1 saturated heterocycles. The Balaban J connectivity index is 2.07. The number of piperazine rings is 1. The van der Waals surface area contributed by atoms with Gasteiger partial charge in [0.25, 0.3) is 0 Å². The van der Waals surface area contributed by atoms with Crippen LogP contribution in [0.2, 0.25) is 0 Å². The third-order valence-electron chi connectivity index (χ3n) is 3.27. The summed E-state index contributed by atoms with van der Waals surface area (Å²) in [6.07, 6.45) is 0.682. The highest BCUT2D eigenvalue weighted by atomic mass is 79.9. The largest absolute Gasteiger partial charge is 0.343 e. The normalized spacial score (nSPS) is 19.4. The lowest BCUT2D eigenvalue weighted by atomic mass is 10.0. The predicted octanol–water partition coefficient (Wildman–Crippen LogP) is 2.32. The Morgan fingerprint density at radius 3 is 2.55 bits per heavy atom. The molecule has 1 unspecified atom stereocenters. The number of hydrogen-bond donors (Lipinski definition) is 1. The Labute approximate surface area is 127 Å². The molecule has 1 heterocycles. The maximum atomic E-state index is 12.4. The fraction of sp³-hybridized carbons (Fsp3) is 0.467. The van der Waals surface area contributed by atoms with E-state index >= 15 is 0 Å². The topological polar surface area (TPSA) is 49.4 Å². The predicted molar refractivity (Wildman–Crippen MR) is 80.9 cm³/mol. The van der Waals surface area contributed by atoms with E-state index in [4.69, 9.17) is 0 Å². The first-order valence-corrected chi connectivity index (χ1v) is 7.57. The molecule has 0 aliphatic carbocycles. The highest BCUT2D eigenvalue weighted by Crippen LogP contribution is 2.16. The smallest absolute Gasteiger partial charge is 0.245 e. The number of hydrogen-bond acceptors (Lipinski definition) is 2. The van der Waals surface area contributed by atoms with E-state index < -0.39 is 0 Å². The maximum Gasteiger partial charge on any atom is 0.245 e. The zero-order valence-electron chi connectivity index (χ0n) is 11.7. The lowest BCUT2D eigenvalue weighted by Crippen LogP contribution is -2.57. The van der Waals surface area contributed by atoms with Gasteiger partial charge in [0.05, 0.1) is 6.54 Å². The summed E-state index contributed by atoms with van der Waals surface area (Å²) in [5, 5.41) is 2.78. The van der Waals surface area contributed by atoms with E-state index in [1.807, 2.05) is 38.1 Å². The number of halogens is 1. The van der Waals surface area contributed by atoms with Crippen molar-refractivity contribution in [2.24, 2.45) is 5.92 Å². The van der Waals surface area contributed by atoms with Crippen LogP contribution in [0.4, 0.5) is 0 Å². The molecule has 108 valence electrons. The van der Waals surface area contributed by atoms with Gasteiger partial charge in [-0.3, -0.25) is 9.59 Å². The molecule has 2 rings (SSSR count). The van der Waals surface area contributed by atoms with Gasteiger partial charge in [-0.05, 0) is 30.0 Å². The number of nitrogens with one attached hydrogen (secondary N) is 1. The Morgan fingerprint density at radius 2 is 1.95 bits per heavy atom. The van der Waals surface area contributed by atoms with Crippen LogP contribution >= 0.6 is 15.9 Å². The van der Waals surface area contributed by atoms with Gasteiger partial charge in [-0.25, -0.2) is 0 Å². The van der Waals surface area contributed by atoms with Gasteiger partial charge in [0.1, 0.15) is 6.04 Å². The molecule has 2 amide bonds. The second-order valence-corrected chi connectivity index (χ2v) is 6.49. The zero-order chi connectivity index (χ0) is 14.7. The summed E-state index contributed by atoms with van der Waals surface area (Å²) in [5.41, 5.74) is 1.03. The van der Waals surface area contributed by atoms with E-state index in [0.717, 1.165) is 10.0 Å². The van der Waals surface area contributed by atoms with Crippen LogP contribution in [-0.4, -0.2) is 29.3 Å². The van der Waals surface area contributed by atoms with Crippen LogP contribution in [0.25, 0.3) is 0 Å². The monoisotopic (exact) mass is 338 g/mol. The van der Waals surface area contributed by atoms with Crippen molar-refractivity contribution >= 4 is 27.7 Å². The van der Waals surface area contributed by atoms with E-state index in [0.29, 0.717) is 18.9 Å². The molecule has 4 nitrogen and oxygen atoms in total. The van der Waals surface area contributed by atoms with Gasteiger partial charge < -0.3 is 10.2 Å². The summed E-state index contributed by atoms with van der Waals surface area (Å²) in [4.78, 5) is 25.8. The Hall–Kier alpha value is -1.36. The average Bonchev–Trinajstić information content (AvgIpc) is 2.37. The quantitative estimate of drug-likeness (QED) is 0.915. The Bertz CT molecular complexity index is 499. The molecule has 0 radical (unpaired) electrons. The molecule has 0 bridgehead atoms. The first-order chi connectivity index (χ1) is 9.45. The molecular formula is C15H19BrN2O2. The molecule has 1 N–H and O–H groups in total. The van der Waals surface area contributed by atoms with Gasteiger partial charge >= 0.3 is 0 Å². The first kappa shape index (κ1) is 15.0.